The van der Waals surface area contributed by atoms with Crippen molar-refractivity contribution in [3.05, 3.63) is 110 Å². The number of benzene rings is 2. The number of esters is 1. The van der Waals surface area contributed by atoms with Gasteiger partial charge in [-0.3, -0.25) is 14.4 Å². The van der Waals surface area contributed by atoms with Crippen LogP contribution in [-0.4, -0.2) is 27.7 Å². The maximum Gasteiger partial charge on any atom is 0.306 e. The standard InChI is InChI=1S/C29H26N2O6/c1-17-13-24(32)27(29(35)31(17)12-11-18-15-30-23-9-5-3-7-19(18)23)21(14-26(33)36-2)22-16-37-25-10-6-4-8-20(25)28(22)34/h3-10,13,15-16,21,30,32H,11-12,14H2,1-2H3/t21-/m1/s1. The Bertz CT molecular complexity index is 1740. The van der Waals surface area contributed by atoms with Gasteiger partial charge in [0.1, 0.15) is 11.3 Å². The Labute approximate surface area is 211 Å². The molecule has 3 heterocycles. The van der Waals surface area contributed by atoms with Crippen molar-refractivity contribution in [2.75, 3.05) is 7.11 Å². The topological polar surface area (TPSA) is 115 Å². The van der Waals surface area contributed by atoms with Gasteiger partial charge in [-0.05, 0) is 43.2 Å². The lowest BCUT2D eigenvalue weighted by atomic mass is 9.88. The number of aryl methyl sites for hydroxylation is 2. The number of para-hydroxylation sites is 2. The molecule has 37 heavy (non-hydrogen) atoms. The fourth-order valence-electron chi connectivity index (χ4n) is 4.90. The zero-order valence-corrected chi connectivity index (χ0v) is 20.5. The number of carbonyl (C=O) groups is 1. The van der Waals surface area contributed by atoms with Crippen molar-refractivity contribution in [2.24, 2.45) is 0 Å². The molecule has 8 heteroatoms. The molecule has 0 aliphatic rings. The van der Waals surface area contributed by atoms with Crippen LogP contribution in [0.15, 0.2) is 81.1 Å². The van der Waals surface area contributed by atoms with Crippen molar-refractivity contribution >= 4 is 27.8 Å². The summed E-state index contributed by atoms with van der Waals surface area (Å²) in [4.78, 5) is 42.8. The van der Waals surface area contributed by atoms with Crippen LogP contribution in [-0.2, 0) is 22.5 Å². The average Bonchev–Trinajstić information content (AvgIpc) is 3.31. The summed E-state index contributed by atoms with van der Waals surface area (Å²) in [7, 11) is 1.23. The molecule has 5 aromatic rings. The quantitative estimate of drug-likeness (QED) is 0.322. The molecule has 0 fully saturated rings. The minimum absolute atomic E-state index is 0.0440. The van der Waals surface area contributed by atoms with Gasteiger partial charge >= 0.3 is 5.97 Å². The predicted octanol–water partition coefficient (Wildman–Crippen LogP) is 4.39. The molecule has 0 spiro atoms. The van der Waals surface area contributed by atoms with Crippen LogP contribution in [0, 0.1) is 6.92 Å². The van der Waals surface area contributed by atoms with E-state index in [2.05, 4.69) is 4.98 Å². The number of rotatable bonds is 7. The molecule has 2 N–H and O–H groups in total. The third-order valence-electron chi connectivity index (χ3n) is 6.83. The van der Waals surface area contributed by atoms with Crippen LogP contribution in [0.4, 0.5) is 0 Å². The second-order valence-electron chi connectivity index (χ2n) is 9.00. The predicted molar refractivity (Wildman–Crippen MR) is 140 cm³/mol. The maximum absolute atomic E-state index is 13.8. The molecule has 188 valence electrons. The summed E-state index contributed by atoms with van der Waals surface area (Å²) in [6.45, 7) is 2.08. The minimum atomic E-state index is -1.05. The molecule has 0 radical (unpaired) electrons. The molecule has 2 aromatic carbocycles. The molecule has 0 amide bonds. The average molecular weight is 499 g/mol. The van der Waals surface area contributed by atoms with E-state index < -0.39 is 17.4 Å². The number of H-pyrrole nitrogens is 1. The summed E-state index contributed by atoms with van der Waals surface area (Å²) in [6.07, 6.45) is 3.43. The van der Waals surface area contributed by atoms with Crippen LogP contribution in [0.2, 0.25) is 0 Å². The van der Waals surface area contributed by atoms with Gasteiger partial charge in [-0.2, -0.15) is 0 Å². The number of hydrogen-bond donors (Lipinski definition) is 2. The highest BCUT2D eigenvalue weighted by atomic mass is 16.5. The number of hydrogen-bond acceptors (Lipinski definition) is 6. The first kappa shape index (κ1) is 24.1. The number of carbonyl (C=O) groups excluding carboxylic acids is 1. The monoisotopic (exact) mass is 498 g/mol. The molecular weight excluding hydrogens is 472 g/mol. The third kappa shape index (κ3) is 4.42. The number of methoxy groups -OCH3 is 1. The number of aromatic amines is 1. The van der Waals surface area contributed by atoms with Crippen molar-refractivity contribution in [3.8, 4) is 5.75 Å². The van der Waals surface area contributed by atoms with Crippen molar-refractivity contribution in [2.45, 2.75) is 32.2 Å². The van der Waals surface area contributed by atoms with Gasteiger partial charge < -0.3 is 23.8 Å². The van der Waals surface area contributed by atoms with Crippen molar-refractivity contribution in [1.29, 1.82) is 0 Å². The highest BCUT2D eigenvalue weighted by Gasteiger charge is 2.29. The van der Waals surface area contributed by atoms with Crippen molar-refractivity contribution < 1.29 is 19.1 Å². The summed E-state index contributed by atoms with van der Waals surface area (Å²) in [5.41, 5.74) is 2.22. The van der Waals surface area contributed by atoms with Crippen LogP contribution in [0.25, 0.3) is 21.9 Å². The number of aromatic hydroxyl groups is 1. The highest BCUT2D eigenvalue weighted by molar-refractivity contribution is 5.83. The van der Waals surface area contributed by atoms with Gasteiger partial charge in [0, 0.05) is 40.8 Å². The molecule has 0 saturated heterocycles. The fourth-order valence-corrected chi connectivity index (χ4v) is 4.90. The molecule has 1 atom stereocenters. The summed E-state index contributed by atoms with van der Waals surface area (Å²) in [5.74, 6) is -1.96. The maximum atomic E-state index is 13.8. The van der Waals surface area contributed by atoms with Gasteiger partial charge in [0.2, 0.25) is 0 Å². The van der Waals surface area contributed by atoms with E-state index >= 15 is 0 Å². The summed E-state index contributed by atoms with van der Waals surface area (Å²) in [5, 5.41) is 12.3. The second kappa shape index (κ2) is 9.81. The zero-order chi connectivity index (χ0) is 26.1. The van der Waals surface area contributed by atoms with Gasteiger partial charge in [-0.25, -0.2) is 0 Å². The Balaban J connectivity index is 1.61. The lowest BCUT2D eigenvalue weighted by Crippen LogP contribution is -2.30. The molecular formula is C29H26N2O6. The van der Waals surface area contributed by atoms with E-state index in [1.54, 1.807) is 35.8 Å². The van der Waals surface area contributed by atoms with Crippen LogP contribution in [0.3, 0.4) is 0 Å². The van der Waals surface area contributed by atoms with Crippen LogP contribution >= 0.6 is 0 Å². The first-order chi connectivity index (χ1) is 17.9. The summed E-state index contributed by atoms with van der Waals surface area (Å²) in [6, 6.07) is 16.1. The normalized spacial score (nSPS) is 12.2. The Morgan fingerprint density at radius 1 is 1.11 bits per heavy atom. The molecule has 0 unspecified atom stereocenters. The first-order valence-electron chi connectivity index (χ1n) is 11.9. The third-order valence-corrected chi connectivity index (χ3v) is 6.83. The van der Waals surface area contributed by atoms with Crippen molar-refractivity contribution in [1.82, 2.24) is 9.55 Å². The first-order valence-corrected chi connectivity index (χ1v) is 11.9. The second-order valence-corrected chi connectivity index (χ2v) is 9.00. The number of nitrogens with zero attached hydrogens (tertiary/aromatic N) is 1. The minimum Gasteiger partial charge on any atom is -0.507 e. The number of pyridine rings is 1. The van der Waals surface area contributed by atoms with E-state index in [9.17, 15) is 19.5 Å². The molecule has 0 aliphatic carbocycles. The van der Waals surface area contributed by atoms with E-state index in [1.165, 1.54) is 19.4 Å². The summed E-state index contributed by atoms with van der Waals surface area (Å²) < 4.78 is 12.1. The highest BCUT2D eigenvalue weighted by Crippen LogP contribution is 2.32. The Kier molecular flexibility index (Phi) is 6.40. The lowest BCUT2D eigenvalue weighted by molar-refractivity contribution is -0.140. The van der Waals surface area contributed by atoms with E-state index in [0.29, 0.717) is 29.6 Å². The number of aromatic nitrogens is 2. The molecule has 3 aromatic heterocycles. The van der Waals surface area contributed by atoms with Gasteiger partial charge in [0.15, 0.2) is 5.43 Å². The summed E-state index contributed by atoms with van der Waals surface area (Å²) >= 11 is 0. The van der Waals surface area contributed by atoms with Gasteiger partial charge in [0.05, 0.1) is 30.7 Å². The molecule has 0 bridgehead atoms. The molecule has 0 saturated carbocycles. The van der Waals surface area contributed by atoms with Gasteiger partial charge in [-0.1, -0.05) is 30.3 Å². The SMILES string of the molecule is COC(=O)C[C@H](c1coc2ccccc2c1=O)c1c(O)cc(C)n(CCc2c[nH]c3ccccc23)c1=O. The Hall–Kier alpha value is -4.59. The molecule has 5 rings (SSSR count). The smallest absolute Gasteiger partial charge is 0.306 e. The van der Waals surface area contributed by atoms with Crippen LogP contribution < -0.4 is 11.0 Å². The number of nitrogens with one attached hydrogen (secondary N) is 1. The zero-order valence-electron chi connectivity index (χ0n) is 20.5. The number of fused-ring (bicyclic) bond motifs is 2. The van der Waals surface area contributed by atoms with Crippen LogP contribution in [0.1, 0.15) is 34.7 Å². The van der Waals surface area contributed by atoms with Crippen LogP contribution in [0.5, 0.6) is 5.75 Å². The van der Waals surface area contributed by atoms with Gasteiger partial charge in [0.25, 0.3) is 5.56 Å². The molecule has 8 nitrogen and oxygen atoms in total. The van der Waals surface area contributed by atoms with Gasteiger partial charge in [-0.15, -0.1) is 0 Å². The Morgan fingerprint density at radius 2 is 1.84 bits per heavy atom. The molecule has 0 aliphatic heterocycles. The van der Waals surface area contributed by atoms with Crippen molar-refractivity contribution in [3.63, 3.8) is 0 Å². The fraction of sp³-hybridized carbons (Fsp3) is 0.207. The number of ether oxygens (including phenoxy) is 1. The van der Waals surface area contributed by atoms with E-state index in [-0.39, 0.29) is 28.7 Å². The Morgan fingerprint density at radius 3 is 2.62 bits per heavy atom. The van der Waals surface area contributed by atoms with E-state index in [1.807, 2.05) is 30.5 Å². The lowest BCUT2D eigenvalue weighted by Gasteiger charge is -2.20. The largest absolute Gasteiger partial charge is 0.507 e. The van der Waals surface area contributed by atoms with E-state index in [0.717, 1.165) is 16.5 Å². The van der Waals surface area contributed by atoms with E-state index in [4.69, 9.17) is 9.15 Å².